The molecule has 1 atom stereocenters. The van der Waals surface area contributed by atoms with Gasteiger partial charge >= 0.3 is 5.97 Å². The van der Waals surface area contributed by atoms with Crippen LogP contribution < -0.4 is 4.90 Å². The number of non-ortho nitro benzene ring substituents is 1. The molecule has 2 N–H and O–H groups in total. The van der Waals surface area contributed by atoms with Gasteiger partial charge in [0.2, 0.25) is 0 Å². The molecule has 1 aliphatic heterocycles. The number of rotatable bonds is 5. The van der Waals surface area contributed by atoms with E-state index in [-0.39, 0.29) is 28.1 Å². The number of carboxylic acid groups (broad SMARTS) is 1. The Morgan fingerprint density at radius 2 is 1.55 bits per heavy atom. The number of nitro benzene ring substituents is 1. The molecule has 0 unspecified atom stereocenters. The third-order valence-electron chi connectivity index (χ3n) is 5.28. The molecular weight excluding hydrogens is 428 g/mol. The summed E-state index contributed by atoms with van der Waals surface area (Å²) in [6.45, 7) is 0. The fraction of sp³-hybridized carbons (Fsp3) is 0.0417. The van der Waals surface area contributed by atoms with Crippen molar-refractivity contribution in [2.24, 2.45) is 0 Å². The van der Waals surface area contributed by atoms with Crippen LogP contribution in [0.4, 0.5) is 11.4 Å². The van der Waals surface area contributed by atoms with Gasteiger partial charge in [0.25, 0.3) is 17.4 Å². The van der Waals surface area contributed by atoms with E-state index >= 15 is 0 Å². The highest BCUT2D eigenvalue weighted by atomic mass is 16.6. The van der Waals surface area contributed by atoms with Crippen LogP contribution in [0.5, 0.6) is 0 Å². The number of carboxylic acids is 1. The molecule has 0 radical (unpaired) electrons. The fourth-order valence-corrected chi connectivity index (χ4v) is 3.74. The van der Waals surface area contributed by atoms with E-state index in [1.54, 1.807) is 30.3 Å². The standard InChI is InChI=1S/C24H16N2O7/c27-21(14-5-2-1-3-6-14)19-20(16-7-4-8-18(13-16)26(32)33)25(23(29)22(19)28)17-11-9-15(10-12-17)24(30)31/h1-13,20,27H,(H,30,31)/b21-19+/t20-/m0/s1. The Morgan fingerprint density at radius 1 is 0.879 bits per heavy atom. The summed E-state index contributed by atoms with van der Waals surface area (Å²) in [5.74, 6) is -3.50. The molecular formula is C24H16N2O7. The number of nitro groups is 1. The highest BCUT2D eigenvalue weighted by molar-refractivity contribution is 6.51. The van der Waals surface area contributed by atoms with Gasteiger partial charge in [0.05, 0.1) is 22.1 Å². The van der Waals surface area contributed by atoms with Crippen LogP contribution in [0.1, 0.15) is 27.5 Å². The summed E-state index contributed by atoms with van der Waals surface area (Å²) in [6, 6.07) is 17.7. The van der Waals surface area contributed by atoms with Crippen LogP contribution in [-0.4, -0.2) is 32.8 Å². The highest BCUT2D eigenvalue weighted by Gasteiger charge is 2.47. The minimum Gasteiger partial charge on any atom is -0.507 e. The maximum Gasteiger partial charge on any atom is 0.335 e. The number of Topliss-reactive ketones (excluding diaryl/α,β-unsaturated/α-hetero) is 1. The van der Waals surface area contributed by atoms with Gasteiger partial charge in [0.1, 0.15) is 5.76 Å². The Kier molecular flexibility index (Phi) is 5.45. The number of aliphatic hydroxyl groups excluding tert-OH is 1. The number of carbonyl (C=O) groups is 3. The van der Waals surface area contributed by atoms with Crippen molar-refractivity contribution in [2.75, 3.05) is 4.90 Å². The number of nitrogens with zero attached hydrogens (tertiary/aromatic N) is 2. The van der Waals surface area contributed by atoms with Gasteiger partial charge < -0.3 is 10.2 Å². The van der Waals surface area contributed by atoms with Crippen molar-refractivity contribution in [3.8, 4) is 0 Å². The maximum atomic E-state index is 13.1. The first kappa shape index (κ1) is 21.4. The lowest BCUT2D eigenvalue weighted by Crippen LogP contribution is -2.29. The zero-order valence-corrected chi connectivity index (χ0v) is 16.9. The largest absolute Gasteiger partial charge is 0.507 e. The monoisotopic (exact) mass is 444 g/mol. The Balaban J connectivity index is 1.94. The molecule has 1 amide bonds. The molecule has 3 aromatic carbocycles. The molecule has 0 spiro atoms. The van der Waals surface area contributed by atoms with Crippen molar-refractivity contribution in [1.29, 1.82) is 0 Å². The van der Waals surface area contributed by atoms with Gasteiger partial charge in [-0.2, -0.15) is 0 Å². The second-order valence-electron chi connectivity index (χ2n) is 7.24. The van der Waals surface area contributed by atoms with Crippen molar-refractivity contribution in [2.45, 2.75) is 6.04 Å². The minimum atomic E-state index is -1.17. The van der Waals surface area contributed by atoms with Gasteiger partial charge in [-0.1, -0.05) is 42.5 Å². The zero-order chi connectivity index (χ0) is 23.7. The molecule has 0 aromatic heterocycles. The number of aliphatic hydroxyl groups is 1. The Hall–Kier alpha value is -4.79. The SMILES string of the molecule is O=C1C(=O)N(c2ccc(C(=O)O)cc2)[C@@H](c2cccc([N+](=O)[O-])c2)/C1=C(\O)c1ccccc1. The summed E-state index contributed by atoms with van der Waals surface area (Å²) in [7, 11) is 0. The highest BCUT2D eigenvalue weighted by Crippen LogP contribution is 2.42. The lowest BCUT2D eigenvalue weighted by molar-refractivity contribution is -0.384. The van der Waals surface area contributed by atoms with E-state index in [9.17, 15) is 29.6 Å². The maximum absolute atomic E-state index is 13.1. The number of carbonyl (C=O) groups excluding carboxylic acids is 2. The summed E-state index contributed by atoms with van der Waals surface area (Å²) >= 11 is 0. The Morgan fingerprint density at radius 3 is 2.15 bits per heavy atom. The lowest BCUT2D eigenvalue weighted by Gasteiger charge is -2.25. The van der Waals surface area contributed by atoms with E-state index in [4.69, 9.17) is 5.11 Å². The van der Waals surface area contributed by atoms with E-state index in [0.717, 1.165) is 4.90 Å². The predicted molar refractivity (Wildman–Crippen MR) is 118 cm³/mol. The van der Waals surface area contributed by atoms with E-state index in [1.165, 1.54) is 48.5 Å². The number of hydrogen-bond donors (Lipinski definition) is 2. The normalized spacial score (nSPS) is 17.2. The van der Waals surface area contributed by atoms with E-state index in [1.807, 2.05) is 0 Å². The third-order valence-corrected chi connectivity index (χ3v) is 5.28. The smallest absolute Gasteiger partial charge is 0.335 e. The Labute approximate surface area is 187 Å². The number of amides is 1. The van der Waals surface area contributed by atoms with Gasteiger partial charge in [0, 0.05) is 23.4 Å². The first-order valence-electron chi connectivity index (χ1n) is 9.73. The van der Waals surface area contributed by atoms with Crippen LogP contribution in [0.2, 0.25) is 0 Å². The van der Waals surface area contributed by atoms with Crippen LogP contribution >= 0.6 is 0 Å². The quantitative estimate of drug-likeness (QED) is 0.200. The van der Waals surface area contributed by atoms with Gasteiger partial charge in [-0.3, -0.25) is 24.6 Å². The first-order valence-corrected chi connectivity index (χ1v) is 9.73. The number of ketones is 1. The molecule has 9 nitrogen and oxygen atoms in total. The summed E-state index contributed by atoms with van der Waals surface area (Å²) in [5, 5.41) is 31.4. The topological polar surface area (TPSA) is 138 Å². The molecule has 1 aliphatic rings. The average Bonchev–Trinajstić information content (AvgIpc) is 3.09. The fourth-order valence-electron chi connectivity index (χ4n) is 3.74. The summed E-state index contributed by atoms with van der Waals surface area (Å²) in [4.78, 5) is 49.1. The molecule has 33 heavy (non-hydrogen) atoms. The summed E-state index contributed by atoms with van der Waals surface area (Å²) < 4.78 is 0. The molecule has 1 fully saturated rings. The number of hydrogen-bond acceptors (Lipinski definition) is 6. The second-order valence-corrected chi connectivity index (χ2v) is 7.24. The van der Waals surface area contributed by atoms with Crippen molar-refractivity contribution in [3.05, 3.63) is 111 Å². The van der Waals surface area contributed by atoms with Crippen LogP contribution in [0.15, 0.2) is 84.4 Å². The van der Waals surface area contributed by atoms with Crippen LogP contribution in [-0.2, 0) is 9.59 Å². The van der Waals surface area contributed by atoms with Crippen LogP contribution in [0, 0.1) is 10.1 Å². The summed E-state index contributed by atoms with van der Waals surface area (Å²) in [6.07, 6.45) is 0. The summed E-state index contributed by atoms with van der Waals surface area (Å²) in [5.41, 5.74) is 0.237. The first-order chi connectivity index (χ1) is 15.8. The molecule has 3 aromatic rings. The van der Waals surface area contributed by atoms with E-state index < -0.39 is 34.4 Å². The molecule has 164 valence electrons. The van der Waals surface area contributed by atoms with E-state index in [2.05, 4.69) is 0 Å². The van der Waals surface area contributed by atoms with Crippen LogP contribution in [0.25, 0.3) is 5.76 Å². The molecule has 1 saturated heterocycles. The third kappa shape index (κ3) is 3.83. The lowest BCUT2D eigenvalue weighted by atomic mass is 9.94. The molecule has 4 rings (SSSR count). The van der Waals surface area contributed by atoms with Gasteiger partial charge in [-0.25, -0.2) is 4.79 Å². The van der Waals surface area contributed by atoms with Crippen molar-refractivity contribution < 1.29 is 29.5 Å². The molecule has 0 aliphatic carbocycles. The molecule has 0 saturated carbocycles. The minimum absolute atomic E-state index is 0.0217. The van der Waals surface area contributed by atoms with Crippen LogP contribution in [0.3, 0.4) is 0 Å². The van der Waals surface area contributed by atoms with Gasteiger partial charge in [0.15, 0.2) is 0 Å². The van der Waals surface area contributed by atoms with Crippen molar-refractivity contribution >= 4 is 34.8 Å². The molecule has 1 heterocycles. The number of benzene rings is 3. The van der Waals surface area contributed by atoms with E-state index in [0.29, 0.717) is 5.56 Å². The average molecular weight is 444 g/mol. The number of anilines is 1. The molecule has 9 heteroatoms. The van der Waals surface area contributed by atoms with Crippen molar-refractivity contribution in [3.63, 3.8) is 0 Å². The predicted octanol–water partition coefficient (Wildman–Crippen LogP) is 3.92. The second kappa shape index (κ2) is 8.39. The molecule has 0 bridgehead atoms. The zero-order valence-electron chi connectivity index (χ0n) is 16.9. The van der Waals surface area contributed by atoms with Crippen molar-refractivity contribution in [1.82, 2.24) is 0 Å². The Bertz CT molecular complexity index is 1310. The van der Waals surface area contributed by atoms with Gasteiger partial charge in [-0.05, 0) is 29.8 Å². The number of aromatic carboxylic acids is 1. The van der Waals surface area contributed by atoms with Gasteiger partial charge in [-0.15, -0.1) is 0 Å².